The molecule has 94 valence electrons. The first kappa shape index (κ1) is 12.4. The highest BCUT2D eigenvalue weighted by Crippen LogP contribution is 2.37. The molecule has 3 nitrogen and oxygen atoms in total. The summed E-state index contributed by atoms with van der Waals surface area (Å²) >= 11 is 0. The lowest BCUT2D eigenvalue weighted by Crippen LogP contribution is -2.15. The minimum atomic E-state index is 0.448. The van der Waals surface area contributed by atoms with E-state index in [9.17, 15) is 0 Å². The molecule has 0 bridgehead atoms. The summed E-state index contributed by atoms with van der Waals surface area (Å²) in [7, 11) is 1.71. The Morgan fingerprint density at radius 2 is 1.71 bits per heavy atom. The number of fused-ring (bicyclic) bond motifs is 1. The van der Waals surface area contributed by atoms with Gasteiger partial charge in [0.15, 0.2) is 0 Å². The Morgan fingerprint density at radius 1 is 1.12 bits per heavy atom. The lowest BCUT2D eigenvalue weighted by Gasteiger charge is -2.25. The Labute approximate surface area is 103 Å². The van der Waals surface area contributed by atoms with Crippen LogP contribution in [0.1, 0.15) is 40.7 Å². The fraction of sp³-hybridized carbons (Fsp3) is 0.571. The molecule has 0 unspecified atom stereocenters. The molecule has 0 radical (unpaired) electrons. The first-order valence-corrected chi connectivity index (χ1v) is 6.25. The monoisotopic (exact) mass is 235 g/mol. The summed E-state index contributed by atoms with van der Waals surface area (Å²) in [5, 5.41) is 8.95. The predicted octanol–water partition coefficient (Wildman–Crippen LogP) is 2.67. The topological polar surface area (TPSA) is 41.5 Å². The number of hydrogen-bond acceptors (Lipinski definition) is 3. The van der Waals surface area contributed by atoms with Crippen LogP contribution in [0.4, 0.5) is 0 Å². The molecule has 1 aliphatic carbocycles. The highest BCUT2D eigenvalue weighted by molar-refractivity contribution is 5.55. The molecule has 0 amide bonds. The van der Waals surface area contributed by atoms with E-state index in [0.717, 1.165) is 24.2 Å². The maximum absolute atomic E-state index is 8.95. The molecule has 0 heterocycles. The zero-order chi connectivity index (χ0) is 12.4. The van der Waals surface area contributed by atoms with Crippen LogP contribution in [0.5, 0.6) is 5.75 Å². The zero-order valence-corrected chi connectivity index (χ0v) is 10.9. The van der Waals surface area contributed by atoms with Gasteiger partial charge in [0.2, 0.25) is 0 Å². The normalized spacial score (nSPS) is 14.6. The summed E-state index contributed by atoms with van der Waals surface area (Å²) in [4.78, 5) is 0. The molecule has 0 aromatic heterocycles. The quantitative estimate of drug-likeness (QED) is 0.791. The lowest BCUT2D eigenvalue weighted by molar-refractivity contribution is 0.160. The van der Waals surface area contributed by atoms with Crippen molar-refractivity contribution in [3.05, 3.63) is 27.8 Å². The van der Waals surface area contributed by atoms with Crippen molar-refractivity contribution in [1.82, 2.24) is 5.48 Å². The number of benzene rings is 1. The van der Waals surface area contributed by atoms with E-state index >= 15 is 0 Å². The Kier molecular flexibility index (Phi) is 3.69. The molecule has 3 heteroatoms. The minimum absolute atomic E-state index is 0.448. The average Bonchev–Trinajstić information content (AvgIpc) is 2.36. The number of ether oxygens (including phenoxy) is 1. The van der Waals surface area contributed by atoms with Crippen LogP contribution in [0.15, 0.2) is 0 Å². The molecule has 0 saturated carbocycles. The number of nitrogens with one attached hydrogen (secondary N) is 1. The third kappa shape index (κ3) is 2.05. The molecule has 1 aromatic carbocycles. The van der Waals surface area contributed by atoms with Crippen molar-refractivity contribution >= 4 is 0 Å². The van der Waals surface area contributed by atoms with Gasteiger partial charge in [0.05, 0.1) is 7.11 Å². The van der Waals surface area contributed by atoms with Crippen molar-refractivity contribution < 1.29 is 9.94 Å². The van der Waals surface area contributed by atoms with Gasteiger partial charge in [-0.25, -0.2) is 5.48 Å². The van der Waals surface area contributed by atoms with E-state index in [1.54, 1.807) is 7.11 Å². The van der Waals surface area contributed by atoms with Gasteiger partial charge >= 0.3 is 0 Å². The van der Waals surface area contributed by atoms with Crippen molar-refractivity contribution in [2.45, 2.75) is 46.1 Å². The molecule has 1 aromatic rings. The van der Waals surface area contributed by atoms with Crippen LogP contribution in [-0.4, -0.2) is 12.3 Å². The summed E-state index contributed by atoms with van der Waals surface area (Å²) in [6, 6.07) is 0. The molecular weight excluding hydrogens is 214 g/mol. The number of hydrogen-bond donors (Lipinski definition) is 2. The van der Waals surface area contributed by atoms with Gasteiger partial charge < -0.3 is 9.94 Å². The molecule has 17 heavy (non-hydrogen) atoms. The second kappa shape index (κ2) is 5.07. The van der Waals surface area contributed by atoms with Crippen LogP contribution >= 0.6 is 0 Å². The molecule has 0 aliphatic heterocycles. The van der Waals surface area contributed by atoms with Crippen LogP contribution in [0.25, 0.3) is 0 Å². The van der Waals surface area contributed by atoms with Gasteiger partial charge in [-0.1, -0.05) is 0 Å². The molecule has 0 spiro atoms. The molecule has 2 rings (SSSR count). The van der Waals surface area contributed by atoms with Crippen molar-refractivity contribution in [3.63, 3.8) is 0 Å². The summed E-state index contributed by atoms with van der Waals surface area (Å²) < 4.78 is 5.52. The second-order valence-corrected chi connectivity index (χ2v) is 4.76. The SMILES string of the molecule is COc1c(C)c2c(c(C)c1CNO)CCCC2. The van der Waals surface area contributed by atoms with Gasteiger partial charge in [-0.15, -0.1) is 0 Å². The summed E-state index contributed by atoms with van der Waals surface area (Å²) in [5.74, 6) is 0.935. The predicted molar refractivity (Wildman–Crippen MR) is 67.7 cm³/mol. The van der Waals surface area contributed by atoms with E-state index in [1.807, 2.05) is 0 Å². The van der Waals surface area contributed by atoms with E-state index in [0.29, 0.717) is 6.54 Å². The molecule has 0 atom stereocenters. The van der Waals surface area contributed by atoms with Gasteiger partial charge in [0.1, 0.15) is 5.75 Å². The van der Waals surface area contributed by atoms with Crippen LogP contribution in [-0.2, 0) is 19.4 Å². The lowest BCUT2D eigenvalue weighted by atomic mass is 9.83. The standard InChI is InChI=1S/C14H21NO2/c1-9-11-6-4-5-7-12(11)10(2)14(17-3)13(9)8-15-16/h15-16H,4-8H2,1-3H3. The third-order valence-electron chi connectivity index (χ3n) is 3.90. The van der Waals surface area contributed by atoms with Crippen molar-refractivity contribution in [1.29, 1.82) is 0 Å². The number of hydroxylamine groups is 1. The van der Waals surface area contributed by atoms with Gasteiger partial charge in [-0.2, -0.15) is 0 Å². The summed E-state index contributed by atoms with van der Waals surface area (Å²) in [6.45, 7) is 4.71. The fourth-order valence-electron chi connectivity index (χ4n) is 3.02. The van der Waals surface area contributed by atoms with Crippen LogP contribution < -0.4 is 10.2 Å². The summed E-state index contributed by atoms with van der Waals surface area (Å²) in [5.41, 5.74) is 8.81. The first-order chi connectivity index (χ1) is 8.20. The largest absolute Gasteiger partial charge is 0.496 e. The van der Waals surface area contributed by atoms with Crippen LogP contribution in [0.2, 0.25) is 0 Å². The van der Waals surface area contributed by atoms with E-state index in [2.05, 4.69) is 19.3 Å². The van der Waals surface area contributed by atoms with Crippen molar-refractivity contribution in [3.8, 4) is 5.75 Å². The van der Waals surface area contributed by atoms with Gasteiger partial charge in [0.25, 0.3) is 0 Å². The van der Waals surface area contributed by atoms with Crippen molar-refractivity contribution in [2.24, 2.45) is 0 Å². The van der Waals surface area contributed by atoms with Crippen LogP contribution in [0, 0.1) is 13.8 Å². The molecule has 0 saturated heterocycles. The highest BCUT2D eigenvalue weighted by Gasteiger charge is 2.21. The highest BCUT2D eigenvalue weighted by atomic mass is 16.5. The maximum Gasteiger partial charge on any atom is 0.126 e. The maximum atomic E-state index is 8.95. The van der Waals surface area contributed by atoms with Crippen LogP contribution in [0.3, 0.4) is 0 Å². The Bertz CT molecular complexity index is 427. The first-order valence-electron chi connectivity index (χ1n) is 6.25. The van der Waals surface area contributed by atoms with E-state index < -0.39 is 0 Å². The Morgan fingerprint density at radius 3 is 2.24 bits per heavy atom. The van der Waals surface area contributed by atoms with Gasteiger partial charge in [-0.3, -0.25) is 0 Å². The number of methoxy groups -OCH3 is 1. The second-order valence-electron chi connectivity index (χ2n) is 4.76. The molecule has 2 N–H and O–H groups in total. The van der Waals surface area contributed by atoms with E-state index in [1.165, 1.54) is 35.1 Å². The summed E-state index contributed by atoms with van der Waals surface area (Å²) in [6.07, 6.45) is 4.86. The Hall–Kier alpha value is -1.06. The smallest absolute Gasteiger partial charge is 0.126 e. The Balaban J connectivity index is 2.63. The third-order valence-corrected chi connectivity index (χ3v) is 3.90. The fourth-order valence-corrected chi connectivity index (χ4v) is 3.02. The zero-order valence-electron chi connectivity index (χ0n) is 10.9. The number of rotatable bonds is 3. The minimum Gasteiger partial charge on any atom is -0.496 e. The van der Waals surface area contributed by atoms with Gasteiger partial charge in [-0.05, 0) is 61.8 Å². The molecule has 0 fully saturated rings. The van der Waals surface area contributed by atoms with E-state index in [4.69, 9.17) is 9.94 Å². The molecule has 1 aliphatic rings. The van der Waals surface area contributed by atoms with Crippen molar-refractivity contribution in [2.75, 3.05) is 7.11 Å². The van der Waals surface area contributed by atoms with E-state index in [-0.39, 0.29) is 0 Å². The van der Waals surface area contributed by atoms with Gasteiger partial charge in [0, 0.05) is 12.1 Å². The molecular formula is C14H21NO2. The average molecular weight is 235 g/mol.